The first-order chi connectivity index (χ1) is 7.95. The summed E-state index contributed by atoms with van der Waals surface area (Å²) in [5.41, 5.74) is 6.33. The maximum absolute atomic E-state index is 12.2. The molecule has 1 aromatic rings. The number of nitrogens with two attached hydrogens (primary N) is 1. The highest BCUT2D eigenvalue weighted by molar-refractivity contribution is 7.95. The summed E-state index contributed by atoms with van der Waals surface area (Å²) < 4.78 is 29.4. The van der Waals surface area contributed by atoms with E-state index in [1.54, 1.807) is 38.3 Å². The summed E-state index contributed by atoms with van der Waals surface area (Å²) >= 11 is 0. The number of methoxy groups -OCH3 is 1. The lowest BCUT2D eigenvalue weighted by Crippen LogP contribution is -2.17. The first-order valence-corrected chi connectivity index (χ1v) is 6.82. The van der Waals surface area contributed by atoms with Gasteiger partial charge in [-0.05, 0) is 43.2 Å². The molecule has 1 aliphatic heterocycles. The van der Waals surface area contributed by atoms with E-state index in [1.807, 2.05) is 0 Å². The quantitative estimate of drug-likeness (QED) is 0.887. The van der Waals surface area contributed by atoms with Crippen LogP contribution in [0.4, 0.5) is 0 Å². The minimum atomic E-state index is -3.34. The van der Waals surface area contributed by atoms with Crippen molar-refractivity contribution < 1.29 is 13.2 Å². The molecule has 0 radical (unpaired) electrons. The van der Waals surface area contributed by atoms with Crippen LogP contribution in [0, 0.1) is 0 Å². The van der Waals surface area contributed by atoms with Gasteiger partial charge >= 0.3 is 0 Å². The van der Waals surface area contributed by atoms with Gasteiger partial charge < -0.3 is 10.5 Å². The molecule has 0 amide bonds. The lowest BCUT2D eigenvalue weighted by molar-refractivity contribution is 0.414. The van der Waals surface area contributed by atoms with Crippen molar-refractivity contribution in [2.75, 3.05) is 7.11 Å². The third-order valence-corrected chi connectivity index (χ3v) is 4.62. The maximum atomic E-state index is 12.2. The van der Waals surface area contributed by atoms with E-state index in [0.29, 0.717) is 27.5 Å². The lowest BCUT2D eigenvalue weighted by atomic mass is 10.1. The average molecular weight is 253 g/mol. The van der Waals surface area contributed by atoms with Gasteiger partial charge in [0.15, 0.2) is 0 Å². The van der Waals surface area contributed by atoms with Crippen LogP contribution in [0.25, 0.3) is 6.08 Å². The van der Waals surface area contributed by atoms with Crippen molar-refractivity contribution in [2.24, 2.45) is 5.73 Å². The molecule has 92 valence electrons. The van der Waals surface area contributed by atoms with Gasteiger partial charge in [-0.2, -0.15) is 0 Å². The van der Waals surface area contributed by atoms with Crippen LogP contribution in [-0.4, -0.2) is 21.6 Å². The first-order valence-electron chi connectivity index (χ1n) is 5.34. The Morgan fingerprint density at radius 3 is 2.71 bits per heavy atom. The Bertz CT molecular complexity index is 573. The zero-order valence-corrected chi connectivity index (χ0v) is 10.6. The van der Waals surface area contributed by atoms with Crippen LogP contribution in [0.15, 0.2) is 28.0 Å². The first kappa shape index (κ1) is 12.1. The molecule has 1 atom stereocenters. The predicted octanol–water partition coefficient (Wildman–Crippen LogP) is 1.56. The highest BCUT2D eigenvalue weighted by Crippen LogP contribution is 2.36. The minimum Gasteiger partial charge on any atom is -0.497 e. The molecule has 1 heterocycles. The van der Waals surface area contributed by atoms with Crippen LogP contribution in [0.5, 0.6) is 5.75 Å². The molecular weight excluding hydrogens is 238 g/mol. The van der Waals surface area contributed by atoms with E-state index in [-0.39, 0.29) is 6.04 Å². The molecule has 2 rings (SSSR count). The number of rotatable bonds is 3. The standard InChI is InChI=1S/C12H15NO3S/c1-8(13)5-11-7-9-6-10(16-2)3-4-12(9)17(11,14)15/h3-4,6-8H,5,13H2,1-2H3. The zero-order chi connectivity index (χ0) is 12.6. The van der Waals surface area contributed by atoms with Gasteiger partial charge in [0.2, 0.25) is 9.84 Å². The van der Waals surface area contributed by atoms with Gasteiger partial charge in [0, 0.05) is 6.04 Å². The highest BCUT2D eigenvalue weighted by Gasteiger charge is 2.29. The van der Waals surface area contributed by atoms with Crippen LogP contribution in [0.1, 0.15) is 18.9 Å². The van der Waals surface area contributed by atoms with Crippen molar-refractivity contribution in [1.29, 1.82) is 0 Å². The van der Waals surface area contributed by atoms with E-state index in [1.165, 1.54) is 0 Å². The lowest BCUT2D eigenvalue weighted by Gasteiger charge is -2.06. The third kappa shape index (κ3) is 2.08. The second-order valence-corrected chi connectivity index (χ2v) is 6.17. The fraction of sp³-hybridized carbons (Fsp3) is 0.333. The normalized spacial score (nSPS) is 18.4. The number of hydrogen-bond acceptors (Lipinski definition) is 4. The fourth-order valence-corrected chi connectivity index (χ4v) is 3.61. The van der Waals surface area contributed by atoms with Crippen LogP contribution < -0.4 is 10.5 Å². The molecule has 0 fully saturated rings. The second-order valence-electron chi connectivity index (χ2n) is 4.20. The second kappa shape index (κ2) is 4.16. The summed E-state index contributed by atoms with van der Waals surface area (Å²) in [7, 11) is -1.79. The SMILES string of the molecule is COc1ccc2c(c1)C=C(CC(C)N)S2(=O)=O. The molecule has 0 aromatic heterocycles. The number of ether oxygens (including phenoxy) is 1. The van der Waals surface area contributed by atoms with E-state index in [2.05, 4.69) is 0 Å². The molecule has 0 bridgehead atoms. The van der Waals surface area contributed by atoms with Crippen molar-refractivity contribution >= 4 is 15.9 Å². The Labute approximate surface area is 101 Å². The maximum Gasteiger partial charge on any atom is 0.203 e. The Kier molecular flexibility index (Phi) is 2.97. The zero-order valence-electron chi connectivity index (χ0n) is 9.80. The molecule has 1 aromatic carbocycles. The third-order valence-electron chi connectivity index (χ3n) is 2.69. The summed E-state index contributed by atoms with van der Waals surface area (Å²) in [6.07, 6.45) is 2.04. The van der Waals surface area contributed by atoms with Gasteiger partial charge in [0.05, 0.1) is 16.9 Å². The van der Waals surface area contributed by atoms with Gasteiger partial charge in [-0.15, -0.1) is 0 Å². The Morgan fingerprint density at radius 1 is 1.41 bits per heavy atom. The van der Waals surface area contributed by atoms with E-state index < -0.39 is 9.84 Å². The summed E-state index contributed by atoms with van der Waals surface area (Å²) in [5.74, 6) is 0.650. The highest BCUT2D eigenvalue weighted by atomic mass is 32.2. The number of fused-ring (bicyclic) bond motifs is 1. The molecule has 0 aliphatic carbocycles. The van der Waals surface area contributed by atoms with Crippen molar-refractivity contribution in [3.05, 3.63) is 28.7 Å². The summed E-state index contributed by atoms with van der Waals surface area (Å²) in [5, 5.41) is 0. The Hall–Kier alpha value is -1.33. The molecule has 4 nitrogen and oxygen atoms in total. The molecule has 1 unspecified atom stereocenters. The van der Waals surface area contributed by atoms with Gasteiger partial charge in [-0.1, -0.05) is 0 Å². The number of benzene rings is 1. The molecule has 0 saturated carbocycles. The van der Waals surface area contributed by atoms with Gasteiger partial charge in [0.1, 0.15) is 5.75 Å². The number of sulfone groups is 1. The van der Waals surface area contributed by atoms with E-state index in [9.17, 15) is 8.42 Å². The summed E-state index contributed by atoms with van der Waals surface area (Å²) in [4.78, 5) is 0.727. The van der Waals surface area contributed by atoms with Gasteiger partial charge in [0.25, 0.3) is 0 Å². The van der Waals surface area contributed by atoms with Crippen LogP contribution in [0.3, 0.4) is 0 Å². The smallest absolute Gasteiger partial charge is 0.203 e. The molecular formula is C12H15NO3S. The van der Waals surface area contributed by atoms with Crippen molar-refractivity contribution in [3.8, 4) is 5.75 Å². The largest absolute Gasteiger partial charge is 0.497 e. The molecule has 0 spiro atoms. The van der Waals surface area contributed by atoms with Crippen molar-refractivity contribution in [2.45, 2.75) is 24.3 Å². The Morgan fingerprint density at radius 2 is 2.12 bits per heavy atom. The molecule has 1 aliphatic rings. The Balaban J connectivity index is 2.49. The van der Waals surface area contributed by atoms with E-state index >= 15 is 0 Å². The fourth-order valence-electron chi connectivity index (χ4n) is 1.89. The van der Waals surface area contributed by atoms with Crippen LogP contribution >= 0.6 is 0 Å². The van der Waals surface area contributed by atoms with Crippen LogP contribution in [0.2, 0.25) is 0 Å². The summed E-state index contributed by atoms with van der Waals surface area (Å²) in [6, 6.07) is 4.78. The van der Waals surface area contributed by atoms with Gasteiger partial charge in [-0.25, -0.2) is 8.42 Å². The monoisotopic (exact) mass is 253 g/mol. The number of hydrogen-bond donors (Lipinski definition) is 1. The topological polar surface area (TPSA) is 69.4 Å². The summed E-state index contributed by atoms with van der Waals surface area (Å²) in [6.45, 7) is 1.79. The van der Waals surface area contributed by atoms with Crippen LogP contribution in [-0.2, 0) is 9.84 Å². The van der Waals surface area contributed by atoms with Crippen molar-refractivity contribution in [3.63, 3.8) is 0 Å². The molecule has 5 heteroatoms. The molecule has 2 N–H and O–H groups in total. The average Bonchev–Trinajstić information content (AvgIpc) is 2.49. The molecule has 17 heavy (non-hydrogen) atoms. The van der Waals surface area contributed by atoms with E-state index in [4.69, 9.17) is 10.5 Å². The predicted molar refractivity (Wildman–Crippen MR) is 66.4 cm³/mol. The van der Waals surface area contributed by atoms with Gasteiger partial charge in [-0.3, -0.25) is 0 Å². The van der Waals surface area contributed by atoms with Crippen molar-refractivity contribution in [1.82, 2.24) is 0 Å². The molecule has 0 saturated heterocycles. The van der Waals surface area contributed by atoms with E-state index in [0.717, 1.165) is 0 Å². The minimum absolute atomic E-state index is 0.174.